The number of benzene rings is 2. The second-order valence-electron chi connectivity index (χ2n) is 7.53. The molecular weight excluding hydrogens is 359 g/mol. The number of nitrogens with zero attached hydrogens (tertiary/aromatic N) is 1. The summed E-state index contributed by atoms with van der Waals surface area (Å²) < 4.78 is 25.0. The minimum atomic E-state index is -0.329. The molecule has 0 saturated carbocycles. The molecule has 2 saturated heterocycles. The second kappa shape index (κ2) is 8.19. The van der Waals surface area contributed by atoms with Crippen LogP contribution in [0.25, 0.3) is 0 Å². The van der Waals surface area contributed by atoms with Gasteiger partial charge in [0.2, 0.25) is 0 Å². The first-order valence-corrected chi connectivity index (χ1v) is 9.78. The largest absolute Gasteiger partial charge is 0.486 e. The Kier molecular flexibility index (Phi) is 5.48. The molecule has 2 fully saturated rings. The van der Waals surface area contributed by atoms with Crippen molar-refractivity contribution in [2.75, 3.05) is 26.2 Å². The molecule has 1 amide bonds. The highest BCUT2D eigenvalue weighted by Crippen LogP contribution is 2.30. The van der Waals surface area contributed by atoms with Crippen LogP contribution in [0.4, 0.5) is 9.18 Å². The first kappa shape index (κ1) is 18.7. The Balaban J connectivity index is 1.37. The van der Waals surface area contributed by atoms with E-state index in [1.165, 1.54) is 12.1 Å². The highest BCUT2D eigenvalue weighted by Gasteiger charge is 2.42. The van der Waals surface area contributed by atoms with Gasteiger partial charge in [-0.2, -0.15) is 0 Å². The molecule has 1 unspecified atom stereocenters. The summed E-state index contributed by atoms with van der Waals surface area (Å²) in [6.07, 6.45) is 2.02. The Hall–Kier alpha value is -2.60. The van der Waals surface area contributed by atoms with Crippen LogP contribution in [0.1, 0.15) is 30.9 Å². The molecule has 5 nitrogen and oxygen atoms in total. The Labute approximate surface area is 164 Å². The van der Waals surface area contributed by atoms with Gasteiger partial charge in [-0.1, -0.05) is 30.3 Å². The van der Waals surface area contributed by atoms with Crippen molar-refractivity contribution in [1.82, 2.24) is 10.2 Å². The van der Waals surface area contributed by atoms with Crippen molar-refractivity contribution in [2.24, 2.45) is 0 Å². The molecule has 2 heterocycles. The van der Waals surface area contributed by atoms with Crippen LogP contribution in [0.3, 0.4) is 0 Å². The maximum Gasteiger partial charge on any atom is 0.407 e. The van der Waals surface area contributed by atoms with Crippen molar-refractivity contribution in [3.63, 3.8) is 0 Å². The van der Waals surface area contributed by atoms with Gasteiger partial charge in [0.15, 0.2) is 0 Å². The summed E-state index contributed by atoms with van der Waals surface area (Å²) in [6.45, 7) is 3.24. The molecular formula is C22H25FN2O3. The number of alkyl carbamates (subject to hydrolysis) is 1. The lowest BCUT2D eigenvalue weighted by Crippen LogP contribution is -2.47. The van der Waals surface area contributed by atoms with E-state index in [-0.39, 0.29) is 23.6 Å². The third-order valence-corrected chi connectivity index (χ3v) is 5.60. The van der Waals surface area contributed by atoms with Crippen LogP contribution < -0.4 is 10.1 Å². The van der Waals surface area contributed by atoms with Crippen molar-refractivity contribution >= 4 is 6.09 Å². The molecule has 4 rings (SSSR count). The van der Waals surface area contributed by atoms with E-state index in [0.29, 0.717) is 6.54 Å². The number of nitrogens with one attached hydrogen (secondary N) is 1. The topological polar surface area (TPSA) is 50.8 Å². The Bertz CT molecular complexity index is 789. The second-order valence-corrected chi connectivity index (χ2v) is 7.53. The lowest BCUT2D eigenvalue weighted by molar-refractivity contribution is -0.00139. The number of halogens is 1. The van der Waals surface area contributed by atoms with Crippen LogP contribution >= 0.6 is 0 Å². The zero-order valence-electron chi connectivity index (χ0n) is 15.8. The normalized spacial score (nSPS) is 19.8. The maximum atomic E-state index is 13.3. The van der Waals surface area contributed by atoms with E-state index in [4.69, 9.17) is 9.47 Å². The van der Waals surface area contributed by atoms with E-state index < -0.39 is 0 Å². The first-order valence-electron chi connectivity index (χ1n) is 9.78. The fourth-order valence-corrected chi connectivity index (χ4v) is 3.90. The van der Waals surface area contributed by atoms with E-state index in [9.17, 15) is 9.18 Å². The molecule has 0 aliphatic carbocycles. The van der Waals surface area contributed by atoms with Crippen molar-refractivity contribution in [3.05, 3.63) is 66.0 Å². The number of hydrogen-bond acceptors (Lipinski definition) is 4. The van der Waals surface area contributed by atoms with Gasteiger partial charge in [0.1, 0.15) is 23.3 Å². The number of likely N-dealkylation sites (tertiary alicyclic amines) is 1. The van der Waals surface area contributed by atoms with Gasteiger partial charge in [-0.25, -0.2) is 9.18 Å². The number of amides is 1. The van der Waals surface area contributed by atoms with Gasteiger partial charge in [0.05, 0.1) is 6.54 Å². The fourth-order valence-electron chi connectivity index (χ4n) is 3.90. The van der Waals surface area contributed by atoms with Crippen LogP contribution in [0, 0.1) is 5.82 Å². The zero-order valence-corrected chi connectivity index (χ0v) is 15.8. The molecule has 1 spiro atoms. The maximum absolute atomic E-state index is 13.3. The highest BCUT2D eigenvalue weighted by molar-refractivity contribution is 5.70. The van der Waals surface area contributed by atoms with Gasteiger partial charge in [0.25, 0.3) is 0 Å². The number of carbonyl (C=O) groups is 1. The van der Waals surface area contributed by atoms with Gasteiger partial charge in [-0.15, -0.1) is 0 Å². The van der Waals surface area contributed by atoms with Gasteiger partial charge >= 0.3 is 6.09 Å². The molecule has 28 heavy (non-hydrogen) atoms. The SMILES string of the molecule is O=C1NCC2(CCN(CCC(Oc3ccccc3)c3ccc(F)cc3)CC2)O1. The molecule has 2 aliphatic heterocycles. The summed E-state index contributed by atoms with van der Waals surface area (Å²) in [6, 6.07) is 16.2. The molecule has 0 radical (unpaired) electrons. The van der Waals surface area contributed by atoms with Gasteiger partial charge in [-0.05, 0) is 29.8 Å². The smallest absolute Gasteiger partial charge is 0.407 e. The summed E-state index contributed by atoms with van der Waals surface area (Å²) in [5, 5.41) is 2.77. The van der Waals surface area contributed by atoms with Crippen LogP contribution in [0.15, 0.2) is 54.6 Å². The number of piperidine rings is 1. The van der Waals surface area contributed by atoms with Crippen molar-refractivity contribution in [3.8, 4) is 5.75 Å². The van der Waals surface area contributed by atoms with Gasteiger partial charge in [0, 0.05) is 38.9 Å². The Morgan fingerprint density at radius 3 is 2.46 bits per heavy atom. The predicted molar refractivity (Wildman–Crippen MR) is 104 cm³/mol. The van der Waals surface area contributed by atoms with Crippen molar-refractivity contribution in [1.29, 1.82) is 0 Å². The van der Waals surface area contributed by atoms with Crippen molar-refractivity contribution in [2.45, 2.75) is 31.0 Å². The van der Waals surface area contributed by atoms with Gasteiger partial charge < -0.3 is 19.7 Å². The van der Waals surface area contributed by atoms with Gasteiger partial charge in [-0.3, -0.25) is 0 Å². The van der Waals surface area contributed by atoms with E-state index >= 15 is 0 Å². The van der Waals surface area contributed by atoms with Crippen LogP contribution in [0.2, 0.25) is 0 Å². The molecule has 148 valence electrons. The third kappa shape index (κ3) is 4.44. The van der Waals surface area contributed by atoms with Crippen molar-refractivity contribution < 1.29 is 18.7 Å². The average Bonchev–Trinajstić information content (AvgIpc) is 3.08. The molecule has 2 aromatic carbocycles. The number of hydrogen-bond donors (Lipinski definition) is 1. The number of ether oxygens (including phenoxy) is 2. The minimum Gasteiger partial charge on any atom is -0.486 e. The molecule has 1 N–H and O–H groups in total. The fraction of sp³-hybridized carbons (Fsp3) is 0.409. The number of rotatable bonds is 6. The number of carbonyl (C=O) groups excluding carboxylic acids is 1. The Morgan fingerprint density at radius 1 is 1.11 bits per heavy atom. The van der Waals surface area contributed by atoms with Crippen LogP contribution in [0.5, 0.6) is 5.75 Å². The lowest BCUT2D eigenvalue weighted by atomic mass is 9.91. The summed E-state index contributed by atoms with van der Waals surface area (Å²) >= 11 is 0. The van der Waals surface area contributed by atoms with Crippen LogP contribution in [-0.2, 0) is 4.74 Å². The molecule has 0 bridgehead atoms. The monoisotopic (exact) mass is 384 g/mol. The number of para-hydroxylation sites is 1. The third-order valence-electron chi connectivity index (χ3n) is 5.60. The first-order chi connectivity index (χ1) is 13.6. The van der Waals surface area contributed by atoms with E-state index in [1.54, 1.807) is 12.1 Å². The summed E-state index contributed by atoms with van der Waals surface area (Å²) in [4.78, 5) is 13.8. The average molecular weight is 384 g/mol. The molecule has 2 aromatic rings. The quantitative estimate of drug-likeness (QED) is 0.820. The van der Waals surface area contributed by atoms with E-state index in [2.05, 4.69) is 10.2 Å². The molecule has 2 aliphatic rings. The summed E-state index contributed by atoms with van der Waals surface area (Å²) in [5.41, 5.74) is 0.637. The molecule has 6 heteroatoms. The van der Waals surface area contributed by atoms with Crippen LogP contribution in [-0.4, -0.2) is 42.8 Å². The highest BCUT2D eigenvalue weighted by atomic mass is 19.1. The lowest BCUT2D eigenvalue weighted by Gasteiger charge is -2.37. The predicted octanol–water partition coefficient (Wildman–Crippen LogP) is 3.91. The molecule has 0 aromatic heterocycles. The van der Waals surface area contributed by atoms with E-state index in [0.717, 1.165) is 50.2 Å². The standard InChI is InChI=1S/C22H25FN2O3/c23-18-8-6-17(7-9-18)20(27-19-4-2-1-3-5-19)10-13-25-14-11-22(12-15-25)16-24-21(26)28-22/h1-9,20H,10-16H2,(H,24,26). The minimum absolute atomic E-state index is 0.148. The summed E-state index contributed by atoms with van der Waals surface area (Å²) in [7, 11) is 0. The van der Waals surface area contributed by atoms with E-state index in [1.807, 2.05) is 30.3 Å². The zero-order chi connectivity index (χ0) is 19.4. The summed E-state index contributed by atoms with van der Waals surface area (Å²) in [5.74, 6) is 0.557. The Morgan fingerprint density at radius 2 is 1.82 bits per heavy atom. The molecule has 1 atom stereocenters.